The highest BCUT2D eigenvalue weighted by Gasteiger charge is 2.44. The van der Waals surface area contributed by atoms with E-state index in [0.717, 1.165) is 6.29 Å². The predicted octanol–water partition coefficient (Wildman–Crippen LogP) is 3.21. The van der Waals surface area contributed by atoms with Crippen LogP contribution in [0.15, 0.2) is 0 Å². The van der Waals surface area contributed by atoms with Gasteiger partial charge in [0.2, 0.25) is 0 Å². The molecule has 31 heavy (non-hydrogen) atoms. The summed E-state index contributed by atoms with van der Waals surface area (Å²) in [7, 11) is 0. The molecule has 4 unspecified atom stereocenters. The molecule has 0 bridgehead atoms. The molecule has 0 amide bonds. The van der Waals surface area contributed by atoms with E-state index in [4.69, 9.17) is 23.7 Å². The number of hydrogen-bond acceptors (Lipinski definition) is 9. The first kappa shape index (κ1) is 31.2. The molecule has 4 atom stereocenters. The summed E-state index contributed by atoms with van der Waals surface area (Å²) < 4.78 is 26.9. The molecule has 0 radical (unpaired) electrons. The largest absolute Gasteiger partial charge is 0.463 e. The minimum atomic E-state index is -0.933. The van der Waals surface area contributed by atoms with E-state index in [9.17, 15) is 19.2 Å². The molecule has 9 heteroatoms. The van der Waals surface area contributed by atoms with Gasteiger partial charge in [0.25, 0.3) is 0 Å². The Morgan fingerprint density at radius 3 is 1.97 bits per heavy atom. The summed E-state index contributed by atoms with van der Waals surface area (Å²) in [5.74, 6) is -1.66. The van der Waals surface area contributed by atoms with Crippen LogP contribution < -0.4 is 0 Å². The van der Waals surface area contributed by atoms with Gasteiger partial charge in [0, 0.05) is 32.6 Å². The Morgan fingerprint density at radius 2 is 1.52 bits per heavy atom. The third kappa shape index (κ3) is 13.8. The van der Waals surface area contributed by atoms with E-state index in [1.165, 1.54) is 20.8 Å². The maximum absolute atomic E-state index is 11.4. The van der Waals surface area contributed by atoms with Gasteiger partial charge in [0.1, 0.15) is 25.1 Å². The van der Waals surface area contributed by atoms with E-state index in [1.807, 2.05) is 27.7 Å². The van der Waals surface area contributed by atoms with Crippen LogP contribution in [0.2, 0.25) is 0 Å². The van der Waals surface area contributed by atoms with E-state index in [0.29, 0.717) is 6.42 Å². The molecule has 1 fully saturated rings. The van der Waals surface area contributed by atoms with Crippen molar-refractivity contribution in [2.45, 2.75) is 99.8 Å². The molecular weight excluding hydrogens is 408 g/mol. The molecule has 1 saturated heterocycles. The monoisotopic (exact) mass is 448 g/mol. The number of carbonyl (C=O) groups is 4. The minimum absolute atomic E-state index is 0.135. The number of aldehydes is 1. The van der Waals surface area contributed by atoms with Crippen LogP contribution in [0.25, 0.3) is 0 Å². The maximum atomic E-state index is 11.4. The predicted molar refractivity (Wildman–Crippen MR) is 114 cm³/mol. The van der Waals surface area contributed by atoms with Crippen LogP contribution in [-0.2, 0) is 42.9 Å². The molecule has 0 spiro atoms. The molecule has 0 aromatic rings. The minimum Gasteiger partial charge on any atom is -0.463 e. The third-order valence-electron chi connectivity index (χ3n) is 3.92. The fourth-order valence-electron chi connectivity index (χ4n) is 2.52. The van der Waals surface area contributed by atoms with Gasteiger partial charge in [-0.15, -0.1) is 0 Å². The molecule has 1 aliphatic heterocycles. The lowest BCUT2D eigenvalue weighted by molar-refractivity contribution is -0.267. The summed E-state index contributed by atoms with van der Waals surface area (Å²) in [5, 5.41) is 0. The average molecular weight is 449 g/mol. The first-order valence-corrected chi connectivity index (χ1v) is 10.7. The molecule has 0 aromatic carbocycles. The van der Waals surface area contributed by atoms with Crippen molar-refractivity contribution >= 4 is 24.2 Å². The van der Waals surface area contributed by atoms with Crippen LogP contribution in [0.3, 0.4) is 0 Å². The summed E-state index contributed by atoms with van der Waals surface area (Å²) in [6.45, 7) is 15.3. The zero-order chi connectivity index (χ0) is 24.6. The number of esters is 3. The van der Waals surface area contributed by atoms with Crippen molar-refractivity contribution in [3.05, 3.63) is 0 Å². The van der Waals surface area contributed by atoms with Crippen LogP contribution >= 0.6 is 0 Å². The number of hydrogen-bond donors (Lipinski definition) is 0. The first-order chi connectivity index (χ1) is 14.5. The Balaban J connectivity index is 0. The van der Waals surface area contributed by atoms with Gasteiger partial charge in [-0.25, -0.2) is 0 Å². The fraction of sp³-hybridized carbons (Fsp3) is 0.818. The number of rotatable bonds is 9. The van der Waals surface area contributed by atoms with Gasteiger partial charge in [-0.1, -0.05) is 41.5 Å². The smallest absolute Gasteiger partial charge is 0.303 e. The molecule has 1 heterocycles. The normalized spacial score (nSPS) is 22.5. The van der Waals surface area contributed by atoms with Crippen LogP contribution in [0.5, 0.6) is 0 Å². The van der Waals surface area contributed by atoms with E-state index in [2.05, 4.69) is 0 Å². The molecule has 0 aliphatic carbocycles. The van der Waals surface area contributed by atoms with Crippen molar-refractivity contribution < 1.29 is 42.9 Å². The SMILES string of the molecule is CC.CC.CC(=O)OCC1OC(OCCC(C)(C)C=O)CC(OC(C)=O)C1OC(C)=O. The van der Waals surface area contributed by atoms with Crippen molar-refractivity contribution in [2.24, 2.45) is 5.41 Å². The summed E-state index contributed by atoms with van der Waals surface area (Å²) >= 11 is 0. The Bertz CT molecular complexity index is 545. The van der Waals surface area contributed by atoms with Crippen molar-refractivity contribution in [1.29, 1.82) is 0 Å². The fourth-order valence-corrected chi connectivity index (χ4v) is 2.52. The molecule has 0 N–H and O–H groups in total. The van der Waals surface area contributed by atoms with Crippen LogP contribution in [0, 0.1) is 5.41 Å². The molecule has 182 valence electrons. The molecule has 1 aliphatic rings. The van der Waals surface area contributed by atoms with Gasteiger partial charge in [-0.2, -0.15) is 0 Å². The van der Waals surface area contributed by atoms with Crippen molar-refractivity contribution in [1.82, 2.24) is 0 Å². The van der Waals surface area contributed by atoms with E-state index >= 15 is 0 Å². The van der Waals surface area contributed by atoms with Crippen LogP contribution in [0.1, 0.15) is 75.2 Å². The number of ether oxygens (including phenoxy) is 5. The Kier molecular flexibility index (Phi) is 16.8. The lowest BCUT2D eigenvalue weighted by Crippen LogP contribution is -2.54. The first-order valence-electron chi connectivity index (χ1n) is 10.7. The quantitative estimate of drug-likeness (QED) is 0.298. The van der Waals surface area contributed by atoms with Crippen LogP contribution in [-0.4, -0.2) is 62.0 Å². The lowest BCUT2D eigenvalue weighted by atomic mass is 9.92. The van der Waals surface area contributed by atoms with E-state index in [1.54, 1.807) is 13.8 Å². The highest BCUT2D eigenvalue weighted by Crippen LogP contribution is 2.28. The highest BCUT2D eigenvalue weighted by atomic mass is 16.7. The Morgan fingerprint density at radius 1 is 0.968 bits per heavy atom. The Hall–Kier alpha value is -2.00. The van der Waals surface area contributed by atoms with Gasteiger partial charge in [0.05, 0.1) is 6.61 Å². The van der Waals surface area contributed by atoms with Gasteiger partial charge in [-0.05, 0) is 6.42 Å². The second kappa shape index (κ2) is 16.7. The van der Waals surface area contributed by atoms with Gasteiger partial charge in [0.15, 0.2) is 12.4 Å². The number of carbonyl (C=O) groups excluding carboxylic acids is 4. The topological polar surface area (TPSA) is 114 Å². The standard InChI is InChI=1S/C18H28O9.2C2H6/c1-11(20)24-9-15-17(26-13(3)22)14(25-12(2)21)8-16(27-15)23-7-6-18(4,5)10-19;2*1-2/h10,14-17H,6-9H2,1-5H3;2*1-2H3. The summed E-state index contributed by atoms with van der Waals surface area (Å²) in [5.41, 5.74) is -0.540. The van der Waals surface area contributed by atoms with Gasteiger partial charge < -0.3 is 28.5 Å². The molecular formula is C22H40O9. The Labute approximate surface area is 186 Å². The summed E-state index contributed by atoms with van der Waals surface area (Å²) in [6, 6.07) is 0. The maximum Gasteiger partial charge on any atom is 0.303 e. The lowest BCUT2D eigenvalue weighted by Gasteiger charge is -2.40. The summed E-state index contributed by atoms with van der Waals surface area (Å²) in [4.78, 5) is 45.0. The highest BCUT2D eigenvalue weighted by molar-refractivity contribution is 5.67. The van der Waals surface area contributed by atoms with Crippen molar-refractivity contribution in [3.8, 4) is 0 Å². The van der Waals surface area contributed by atoms with Crippen molar-refractivity contribution in [3.63, 3.8) is 0 Å². The molecule has 9 nitrogen and oxygen atoms in total. The van der Waals surface area contributed by atoms with Crippen LogP contribution in [0.4, 0.5) is 0 Å². The third-order valence-corrected chi connectivity index (χ3v) is 3.92. The van der Waals surface area contributed by atoms with Gasteiger partial charge in [-0.3, -0.25) is 14.4 Å². The van der Waals surface area contributed by atoms with E-state index in [-0.39, 0.29) is 19.6 Å². The average Bonchev–Trinajstić information content (AvgIpc) is 2.70. The second-order valence-corrected chi connectivity index (χ2v) is 7.09. The second-order valence-electron chi connectivity index (χ2n) is 7.09. The molecule has 0 saturated carbocycles. The molecule has 1 rings (SSSR count). The van der Waals surface area contributed by atoms with Gasteiger partial charge >= 0.3 is 17.9 Å². The molecule has 0 aromatic heterocycles. The zero-order valence-electron chi connectivity index (χ0n) is 20.4. The van der Waals surface area contributed by atoms with Crippen molar-refractivity contribution in [2.75, 3.05) is 13.2 Å². The van der Waals surface area contributed by atoms with E-state index < -0.39 is 47.9 Å². The summed E-state index contributed by atoms with van der Waals surface area (Å²) in [6.07, 6.45) is -1.93. The zero-order valence-corrected chi connectivity index (χ0v) is 20.4.